The molecule has 2 atom stereocenters. The predicted octanol–water partition coefficient (Wildman–Crippen LogP) is 3.91. The van der Waals surface area contributed by atoms with E-state index in [1.54, 1.807) is 0 Å². The molecule has 2 aromatic carbocycles. The molecule has 202 valence electrons. The van der Waals surface area contributed by atoms with Gasteiger partial charge >= 0.3 is 0 Å². The van der Waals surface area contributed by atoms with E-state index in [0.717, 1.165) is 17.5 Å². The topological polar surface area (TPSA) is 106 Å². The largest absolute Gasteiger partial charge is 0.368 e. The van der Waals surface area contributed by atoms with E-state index in [0.29, 0.717) is 49.2 Å². The maximum absolute atomic E-state index is 13.7. The molecule has 0 bridgehead atoms. The molecule has 3 N–H and O–H groups in total. The quantitative estimate of drug-likeness (QED) is 0.301. The first-order chi connectivity index (χ1) is 18.9. The first-order valence-electron chi connectivity index (χ1n) is 13.4. The van der Waals surface area contributed by atoms with Crippen LogP contribution in [0.5, 0.6) is 0 Å². The number of anilines is 1. The number of benzene rings is 2. The van der Waals surface area contributed by atoms with Gasteiger partial charge in [-0.2, -0.15) is 0 Å². The molecule has 9 heteroatoms. The third-order valence-corrected chi connectivity index (χ3v) is 7.14. The van der Waals surface area contributed by atoms with Gasteiger partial charge in [-0.05, 0) is 25.5 Å². The third-order valence-electron chi connectivity index (χ3n) is 7.14. The Hall–Kier alpha value is -4.24. The molecule has 3 heterocycles. The van der Waals surface area contributed by atoms with Crippen molar-refractivity contribution in [1.29, 1.82) is 0 Å². The molecule has 0 radical (unpaired) electrons. The van der Waals surface area contributed by atoms with Crippen LogP contribution in [0.2, 0.25) is 0 Å². The highest BCUT2D eigenvalue weighted by molar-refractivity contribution is 6.00. The molecular weight excluding hydrogens is 490 g/mol. The van der Waals surface area contributed by atoms with Gasteiger partial charge in [-0.15, -0.1) is 0 Å². The Morgan fingerprint density at radius 2 is 1.62 bits per heavy atom. The normalized spacial score (nSPS) is 17.8. The Labute approximate surface area is 228 Å². The van der Waals surface area contributed by atoms with Crippen molar-refractivity contribution in [3.05, 3.63) is 78.0 Å². The van der Waals surface area contributed by atoms with Gasteiger partial charge in [0.05, 0.1) is 5.39 Å². The first-order valence-corrected chi connectivity index (χ1v) is 13.4. The fourth-order valence-electron chi connectivity index (χ4n) is 5.19. The van der Waals surface area contributed by atoms with Crippen LogP contribution >= 0.6 is 0 Å². The molecule has 1 saturated heterocycles. The number of H-pyrrole nitrogens is 1. The summed E-state index contributed by atoms with van der Waals surface area (Å²) in [6, 6.07) is 22.5. The average molecular weight is 526 g/mol. The first kappa shape index (κ1) is 26.4. The third kappa shape index (κ3) is 6.09. The molecule has 0 aliphatic carbocycles. The van der Waals surface area contributed by atoms with Crippen LogP contribution in [-0.4, -0.2) is 74.8 Å². The maximum Gasteiger partial charge on any atom is 0.270 e. The SMILES string of the molecule is CC(=O)NCCNc1nc(-c2ccccc2)nc2[nH]c(C(=O)N3CC(C)N(Cc4ccccc4)C(C)C3)cc12. The summed E-state index contributed by atoms with van der Waals surface area (Å²) in [5, 5.41) is 6.84. The number of carbonyl (C=O) groups is 2. The zero-order valence-corrected chi connectivity index (χ0v) is 22.6. The van der Waals surface area contributed by atoms with Crippen LogP contribution in [0, 0.1) is 0 Å². The van der Waals surface area contributed by atoms with Crippen molar-refractivity contribution in [1.82, 2.24) is 30.1 Å². The minimum Gasteiger partial charge on any atom is -0.368 e. The molecule has 5 rings (SSSR count). The van der Waals surface area contributed by atoms with Gasteiger partial charge in [0.1, 0.15) is 17.2 Å². The van der Waals surface area contributed by atoms with E-state index >= 15 is 0 Å². The molecule has 2 aromatic heterocycles. The molecule has 4 aromatic rings. The van der Waals surface area contributed by atoms with Crippen molar-refractivity contribution in [2.24, 2.45) is 0 Å². The number of carbonyl (C=O) groups excluding carboxylic acids is 2. The van der Waals surface area contributed by atoms with Crippen LogP contribution in [0.3, 0.4) is 0 Å². The lowest BCUT2D eigenvalue weighted by Gasteiger charge is -2.44. The summed E-state index contributed by atoms with van der Waals surface area (Å²) in [6.07, 6.45) is 0. The molecule has 0 spiro atoms. The van der Waals surface area contributed by atoms with Crippen molar-refractivity contribution < 1.29 is 9.59 Å². The highest BCUT2D eigenvalue weighted by atomic mass is 16.2. The van der Waals surface area contributed by atoms with E-state index in [1.807, 2.05) is 47.4 Å². The van der Waals surface area contributed by atoms with E-state index in [1.165, 1.54) is 12.5 Å². The second-order valence-electron chi connectivity index (χ2n) is 10.2. The number of amides is 2. The summed E-state index contributed by atoms with van der Waals surface area (Å²) in [5.41, 5.74) is 3.24. The van der Waals surface area contributed by atoms with Gasteiger partial charge in [-0.3, -0.25) is 14.5 Å². The Balaban J connectivity index is 1.38. The Morgan fingerprint density at radius 1 is 0.949 bits per heavy atom. The van der Waals surface area contributed by atoms with Crippen molar-refractivity contribution in [3.8, 4) is 11.4 Å². The summed E-state index contributed by atoms with van der Waals surface area (Å²) in [6.45, 7) is 8.96. The van der Waals surface area contributed by atoms with Gasteiger partial charge in [0.2, 0.25) is 5.91 Å². The van der Waals surface area contributed by atoms with Crippen molar-refractivity contribution in [2.45, 2.75) is 39.4 Å². The molecule has 0 saturated carbocycles. The van der Waals surface area contributed by atoms with Crippen LogP contribution in [0.4, 0.5) is 5.82 Å². The number of aromatic nitrogens is 3. The van der Waals surface area contributed by atoms with Gasteiger partial charge in [-0.1, -0.05) is 60.7 Å². The fraction of sp³-hybridized carbons (Fsp3) is 0.333. The standard InChI is InChI=1S/C30H35N7O2/c1-20-17-36(18-21(2)37(20)19-23-10-6-4-7-11-23)30(39)26-16-25-28(32-15-14-31-22(3)38)34-27(35-29(25)33-26)24-12-8-5-9-13-24/h4-13,16,20-21H,14-15,17-19H2,1-3H3,(H,31,38)(H2,32,33,34,35). The van der Waals surface area contributed by atoms with Gasteiger partial charge < -0.3 is 20.5 Å². The fourth-order valence-corrected chi connectivity index (χ4v) is 5.19. The second-order valence-corrected chi connectivity index (χ2v) is 10.2. The van der Waals surface area contributed by atoms with Crippen LogP contribution in [0.15, 0.2) is 66.7 Å². The maximum atomic E-state index is 13.7. The smallest absolute Gasteiger partial charge is 0.270 e. The van der Waals surface area contributed by atoms with Gasteiger partial charge in [-0.25, -0.2) is 9.97 Å². The number of rotatable bonds is 8. The lowest BCUT2D eigenvalue weighted by molar-refractivity contribution is -0.118. The van der Waals surface area contributed by atoms with Crippen LogP contribution < -0.4 is 10.6 Å². The number of nitrogens with zero attached hydrogens (tertiary/aromatic N) is 4. The van der Waals surface area contributed by atoms with E-state index < -0.39 is 0 Å². The van der Waals surface area contributed by atoms with Crippen LogP contribution in [0.1, 0.15) is 36.8 Å². The molecule has 1 aliphatic rings. The molecule has 2 unspecified atom stereocenters. The van der Waals surface area contributed by atoms with Gasteiger partial charge in [0.25, 0.3) is 5.91 Å². The van der Waals surface area contributed by atoms with E-state index in [-0.39, 0.29) is 23.9 Å². The number of piperazine rings is 1. The highest BCUT2D eigenvalue weighted by Crippen LogP contribution is 2.27. The Bertz CT molecular complexity index is 1430. The van der Waals surface area contributed by atoms with Crippen molar-refractivity contribution in [3.63, 3.8) is 0 Å². The minimum atomic E-state index is -0.0866. The van der Waals surface area contributed by atoms with E-state index in [4.69, 9.17) is 9.97 Å². The van der Waals surface area contributed by atoms with Crippen LogP contribution in [0.25, 0.3) is 22.4 Å². The number of fused-ring (bicyclic) bond motifs is 1. The highest BCUT2D eigenvalue weighted by Gasteiger charge is 2.33. The monoisotopic (exact) mass is 525 g/mol. The van der Waals surface area contributed by atoms with Gasteiger partial charge in [0.15, 0.2) is 5.82 Å². The minimum absolute atomic E-state index is 0.0449. The molecule has 2 amide bonds. The summed E-state index contributed by atoms with van der Waals surface area (Å²) in [4.78, 5) is 42.1. The Kier molecular flexibility index (Phi) is 7.88. The summed E-state index contributed by atoms with van der Waals surface area (Å²) < 4.78 is 0. The lowest BCUT2D eigenvalue weighted by Crippen LogP contribution is -2.57. The molecule has 39 heavy (non-hydrogen) atoms. The summed E-state index contributed by atoms with van der Waals surface area (Å²) in [7, 11) is 0. The number of hydrogen-bond acceptors (Lipinski definition) is 6. The second kappa shape index (κ2) is 11.7. The average Bonchev–Trinajstić information content (AvgIpc) is 3.38. The summed E-state index contributed by atoms with van der Waals surface area (Å²) in [5.74, 6) is 1.05. The van der Waals surface area contributed by atoms with Gasteiger partial charge in [0, 0.05) is 57.3 Å². The van der Waals surface area contributed by atoms with E-state index in [2.05, 4.69) is 58.6 Å². The predicted molar refractivity (Wildman–Crippen MR) is 153 cm³/mol. The molecule has 1 aliphatic heterocycles. The number of nitrogens with one attached hydrogen (secondary N) is 3. The van der Waals surface area contributed by atoms with Crippen molar-refractivity contribution in [2.75, 3.05) is 31.5 Å². The van der Waals surface area contributed by atoms with E-state index in [9.17, 15) is 9.59 Å². The number of aromatic amines is 1. The zero-order valence-electron chi connectivity index (χ0n) is 22.6. The molecule has 9 nitrogen and oxygen atoms in total. The molecular formula is C30H35N7O2. The lowest BCUT2D eigenvalue weighted by atomic mass is 10.1. The number of hydrogen-bond donors (Lipinski definition) is 3. The Morgan fingerprint density at radius 3 is 2.28 bits per heavy atom. The summed E-state index contributed by atoms with van der Waals surface area (Å²) >= 11 is 0. The van der Waals surface area contributed by atoms with Crippen LogP contribution in [-0.2, 0) is 11.3 Å². The zero-order chi connectivity index (χ0) is 27.4. The molecule has 1 fully saturated rings. The van der Waals surface area contributed by atoms with Crippen molar-refractivity contribution >= 4 is 28.7 Å².